The van der Waals surface area contributed by atoms with Crippen LogP contribution < -0.4 is 10.1 Å². The van der Waals surface area contributed by atoms with Crippen LogP contribution in [-0.2, 0) is 0 Å². The van der Waals surface area contributed by atoms with Crippen molar-refractivity contribution in [2.45, 2.75) is 26.3 Å². The van der Waals surface area contributed by atoms with Gasteiger partial charge in [0.2, 0.25) is 0 Å². The van der Waals surface area contributed by atoms with E-state index in [1.54, 1.807) is 0 Å². The Morgan fingerprint density at radius 3 is 2.94 bits per heavy atom. The number of aliphatic hydroxyl groups is 1. The van der Waals surface area contributed by atoms with Crippen molar-refractivity contribution in [3.05, 3.63) is 29.8 Å². The van der Waals surface area contributed by atoms with Crippen LogP contribution in [0.5, 0.6) is 5.75 Å². The summed E-state index contributed by atoms with van der Waals surface area (Å²) in [5.74, 6) is 0.816. The monoisotopic (exact) mass is 223 g/mol. The summed E-state index contributed by atoms with van der Waals surface area (Å²) in [5.41, 5.74) is 1.21. The zero-order chi connectivity index (χ0) is 11.8. The first-order chi connectivity index (χ1) is 7.77. The molecule has 3 nitrogen and oxygen atoms in total. The highest BCUT2D eigenvalue weighted by atomic mass is 16.5. The van der Waals surface area contributed by atoms with Crippen molar-refractivity contribution in [3.63, 3.8) is 0 Å². The molecule has 2 N–H and O–H groups in total. The Morgan fingerprint density at radius 1 is 1.44 bits per heavy atom. The van der Waals surface area contributed by atoms with Crippen LogP contribution in [0.2, 0.25) is 0 Å². The summed E-state index contributed by atoms with van der Waals surface area (Å²) in [6, 6.07) is 8.32. The van der Waals surface area contributed by atoms with Gasteiger partial charge in [0.25, 0.3) is 0 Å². The van der Waals surface area contributed by atoms with Crippen LogP contribution in [0.15, 0.2) is 24.3 Å². The van der Waals surface area contributed by atoms with E-state index in [-0.39, 0.29) is 6.61 Å². The topological polar surface area (TPSA) is 41.5 Å². The minimum absolute atomic E-state index is 0.0495. The number of hydrogen-bond acceptors (Lipinski definition) is 3. The fraction of sp³-hybridized carbons (Fsp3) is 0.538. The molecule has 0 heterocycles. The van der Waals surface area contributed by atoms with Crippen molar-refractivity contribution >= 4 is 0 Å². The number of nitrogens with one attached hydrogen (secondary N) is 1. The molecule has 1 unspecified atom stereocenters. The first-order valence-corrected chi connectivity index (χ1v) is 5.85. The third-order valence-corrected chi connectivity index (χ3v) is 2.42. The average molecular weight is 223 g/mol. The second-order valence-corrected chi connectivity index (χ2v) is 3.82. The van der Waals surface area contributed by atoms with Crippen molar-refractivity contribution in [2.75, 3.05) is 19.8 Å². The maximum atomic E-state index is 8.68. The van der Waals surface area contributed by atoms with Gasteiger partial charge in [-0.05, 0) is 37.6 Å². The van der Waals surface area contributed by atoms with Gasteiger partial charge in [0.1, 0.15) is 12.4 Å². The summed E-state index contributed by atoms with van der Waals surface area (Å²) in [6.07, 6.45) is 1.13. The maximum Gasteiger partial charge on any atom is 0.119 e. The van der Waals surface area contributed by atoms with Gasteiger partial charge in [0.05, 0.1) is 6.61 Å². The highest BCUT2D eigenvalue weighted by Crippen LogP contribution is 2.18. The highest BCUT2D eigenvalue weighted by molar-refractivity contribution is 5.30. The highest BCUT2D eigenvalue weighted by Gasteiger charge is 2.04. The lowest BCUT2D eigenvalue weighted by atomic mass is 10.1. The van der Waals surface area contributed by atoms with E-state index in [4.69, 9.17) is 9.84 Å². The molecule has 0 saturated carbocycles. The first kappa shape index (κ1) is 13.0. The van der Waals surface area contributed by atoms with Crippen LogP contribution in [0.1, 0.15) is 31.9 Å². The van der Waals surface area contributed by atoms with E-state index in [1.807, 2.05) is 18.2 Å². The van der Waals surface area contributed by atoms with Gasteiger partial charge in [-0.15, -0.1) is 0 Å². The van der Waals surface area contributed by atoms with E-state index in [9.17, 15) is 0 Å². The smallest absolute Gasteiger partial charge is 0.119 e. The van der Waals surface area contributed by atoms with E-state index in [0.29, 0.717) is 12.6 Å². The Hall–Kier alpha value is -1.06. The molecule has 0 bridgehead atoms. The fourth-order valence-electron chi connectivity index (χ4n) is 1.52. The summed E-state index contributed by atoms with van der Waals surface area (Å²) in [6.45, 7) is 5.71. The van der Waals surface area contributed by atoms with Crippen LogP contribution in [0.3, 0.4) is 0 Å². The predicted octanol–water partition coefficient (Wildman–Crippen LogP) is 2.12. The maximum absolute atomic E-state index is 8.68. The van der Waals surface area contributed by atoms with Crippen LogP contribution in [0.4, 0.5) is 0 Å². The van der Waals surface area contributed by atoms with E-state index in [1.165, 1.54) is 5.56 Å². The molecule has 1 atom stereocenters. The summed E-state index contributed by atoms with van der Waals surface area (Å²) >= 11 is 0. The lowest BCUT2D eigenvalue weighted by Crippen LogP contribution is -2.19. The molecule has 0 fully saturated rings. The largest absolute Gasteiger partial charge is 0.491 e. The lowest BCUT2D eigenvalue weighted by molar-refractivity contribution is 0.201. The average Bonchev–Trinajstić information content (AvgIpc) is 2.33. The third kappa shape index (κ3) is 4.21. The summed E-state index contributed by atoms with van der Waals surface area (Å²) in [5, 5.41) is 12.1. The van der Waals surface area contributed by atoms with Crippen molar-refractivity contribution in [1.82, 2.24) is 5.32 Å². The van der Waals surface area contributed by atoms with Crippen LogP contribution in [0, 0.1) is 0 Å². The number of hydrogen-bond donors (Lipinski definition) is 2. The van der Waals surface area contributed by atoms with E-state index in [0.717, 1.165) is 18.7 Å². The SMILES string of the molecule is CCCNC(C)c1cccc(OCCO)c1. The third-order valence-electron chi connectivity index (χ3n) is 2.42. The van der Waals surface area contributed by atoms with Gasteiger partial charge in [-0.3, -0.25) is 0 Å². The fourth-order valence-corrected chi connectivity index (χ4v) is 1.52. The van der Waals surface area contributed by atoms with E-state index < -0.39 is 0 Å². The quantitative estimate of drug-likeness (QED) is 0.744. The van der Waals surface area contributed by atoms with Gasteiger partial charge in [-0.2, -0.15) is 0 Å². The summed E-state index contributed by atoms with van der Waals surface area (Å²) in [4.78, 5) is 0. The zero-order valence-electron chi connectivity index (χ0n) is 10.1. The molecule has 0 saturated heterocycles. The molecule has 0 aliphatic heterocycles. The first-order valence-electron chi connectivity index (χ1n) is 5.85. The molecule has 1 aromatic rings. The lowest BCUT2D eigenvalue weighted by Gasteiger charge is -2.14. The van der Waals surface area contributed by atoms with Crippen LogP contribution >= 0.6 is 0 Å². The molecule has 0 amide bonds. The molecule has 1 rings (SSSR count). The molecule has 3 heteroatoms. The van der Waals surface area contributed by atoms with Crippen molar-refractivity contribution < 1.29 is 9.84 Å². The molecule has 0 aliphatic carbocycles. The Kier molecular flexibility index (Phi) is 5.90. The molecule has 90 valence electrons. The molecule has 16 heavy (non-hydrogen) atoms. The van der Waals surface area contributed by atoms with Crippen LogP contribution in [0.25, 0.3) is 0 Å². The molecule has 0 radical (unpaired) electrons. The molecular formula is C13H21NO2. The zero-order valence-corrected chi connectivity index (χ0v) is 10.1. The predicted molar refractivity (Wildman–Crippen MR) is 65.7 cm³/mol. The van der Waals surface area contributed by atoms with E-state index >= 15 is 0 Å². The van der Waals surface area contributed by atoms with Gasteiger partial charge >= 0.3 is 0 Å². The van der Waals surface area contributed by atoms with Crippen molar-refractivity contribution in [1.29, 1.82) is 0 Å². The Morgan fingerprint density at radius 2 is 2.25 bits per heavy atom. The molecule has 0 aliphatic rings. The van der Waals surface area contributed by atoms with Gasteiger partial charge in [0, 0.05) is 6.04 Å². The second kappa shape index (κ2) is 7.25. The molecular weight excluding hydrogens is 202 g/mol. The standard InChI is InChI=1S/C13H21NO2/c1-3-7-14-11(2)12-5-4-6-13(10-12)16-9-8-15/h4-6,10-11,14-15H,3,7-9H2,1-2H3. The molecule has 0 aromatic heterocycles. The second-order valence-electron chi connectivity index (χ2n) is 3.82. The van der Waals surface area contributed by atoms with Gasteiger partial charge in [-0.1, -0.05) is 19.1 Å². The number of rotatable bonds is 7. The van der Waals surface area contributed by atoms with Crippen molar-refractivity contribution in [2.24, 2.45) is 0 Å². The van der Waals surface area contributed by atoms with Gasteiger partial charge in [0.15, 0.2) is 0 Å². The number of ether oxygens (including phenoxy) is 1. The summed E-state index contributed by atoms with van der Waals surface area (Å²) < 4.78 is 5.37. The van der Waals surface area contributed by atoms with Gasteiger partial charge < -0.3 is 15.2 Å². The Labute approximate surface area is 97.4 Å². The number of benzene rings is 1. The van der Waals surface area contributed by atoms with E-state index in [2.05, 4.69) is 25.2 Å². The number of aliphatic hydroxyl groups excluding tert-OH is 1. The molecule has 1 aromatic carbocycles. The molecule has 0 spiro atoms. The van der Waals surface area contributed by atoms with Crippen LogP contribution in [-0.4, -0.2) is 24.9 Å². The summed E-state index contributed by atoms with van der Waals surface area (Å²) in [7, 11) is 0. The van der Waals surface area contributed by atoms with Crippen molar-refractivity contribution in [3.8, 4) is 5.75 Å². The Balaban J connectivity index is 2.58. The normalized spacial score (nSPS) is 12.4. The minimum atomic E-state index is 0.0495. The van der Waals surface area contributed by atoms with Gasteiger partial charge in [-0.25, -0.2) is 0 Å². The Bertz CT molecular complexity index is 302. The minimum Gasteiger partial charge on any atom is -0.491 e.